The summed E-state index contributed by atoms with van der Waals surface area (Å²) in [6.07, 6.45) is 2.49. The highest BCUT2D eigenvalue weighted by Gasteiger charge is 2.13. The molecule has 0 unspecified atom stereocenters. The standard InChI is InChI=1S/C22H33N5O2/c1-5-18(6-2)20-14-19(29-26-20)15-25-22(23-3)24-13-12-21(28)27(4)16-17-10-8-7-9-11-17/h7-11,14,18H,5-6,12-13,15-16H2,1-4H3,(H2,23,24,25). The SMILES string of the molecule is CCC(CC)c1cc(CNC(=NC)NCCC(=O)N(C)Cc2ccccc2)on1. The average molecular weight is 400 g/mol. The van der Waals surface area contributed by atoms with Crippen LogP contribution in [0.1, 0.15) is 56.0 Å². The Morgan fingerprint density at radius 3 is 2.59 bits per heavy atom. The van der Waals surface area contributed by atoms with Crippen LogP contribution < -0.4 is 10.6 Å². The van der Waals surface area contributed by atoms with Gasteiger partial charge >= 0.3 is 0 Å². The molecule has 0 aliphatic rings. The summed E-state index contributed by atoms with van der Waals surface area (Å²) in [5, 5.41) is 10.5. The number of carbonyl (C=O) groups excluding carboxylic acids is 1. The van der Waals surface area contributed by atoms with Crippen LogP contribution in [0.4, 0.5) is 0 Å². The smallest absolute Gasteiger partial charge is 0.224 e. The second-order valence-electron chi connectivity index (χ2n) is 7.07. The fourth-order valence-electron chi connectivity index (χ4n) is 3.13. The summed E-state index contributed by atoms with van der Waals surface area (Å²) in [4.78, 5) is 18.3. The first-order valence-corrected chi connectivity index (χ1v) is 10.2. The van der Waals surface area contributed by atoms with E-state index in [4.69, 9.17) is 4.52 Å². The predicted molar refractivity (Wildman–Crippen MR) is 116 cm³/mol. The summed E-state index contributed by atoms with van der Waals surface area (Å²) in [6, 6.07) is 12.0. The van der Waals surface area contributed by atoms with Gasteiger partial charge in [-0.3, -0.25) is 9.79 Å². The van der Waals surface area contributed by atoms with E-state index in [1.807, 2.05) is 43.4 Å². The van der Waals surface area contributed by atoms with Crippen molar-refractivity contribution in [2.45, 2.75) is 52.1 Å². The molecular formula is C22H33N5O2. The van der Waals surface area contributed by atoms with E-state index in [1.54, 1.807) is 11.9 Å². The maximum atomic E-state index is 12.3. The van der Waals surface area contributed by atoms with Crippen molar-refractivity contribution in [3.05, 3.63) is 53.4 Å². The average Bonchev–Trinajstić information content (AvgIpc) is 3.20. The number of aromatic nitrogens is 1. The first-order chi connectivity index (χ1) is 14.1. The molecule has 2 rings (SSSR count). The third-order valence-electron chi connectivity index (χ3n) is 4.95. The zero-order valence-electron chi connectivity index (χ0n) is 17.9. The number of benzene rings is 1. The van der Waals surface area contributed by atoms with Gasteiger partial charge in [-0.05, 0) is 18.4 Å². The number of aliphatic imine (C=N–C) groups is 1. The van der Waals surface area contributed by atoms with E-state index in [2.05, 4.69) is 34.6 Å². The van der Waals surface area contributed by atoms with E-state index in [9.17, 15) is 4.79 Å². The van der Waals surface area contributed by atoms with Crippen LogP contribution in [-0.4, -0.2) is 42.6 Å². The van der Waals surface area contributed by atoms with Gasteiger partial charge in [-0.2, -0.15) is 0 Å². The summed E-state index contributed by atoms with van der Waals surface area (Å²) in [6.45, 7) is 5.93. The fraction of sp³-hybridized carbons (Fsp3) is 0.500. The highest BCUT2D eigenvalue weighted by molar-refractivity contribution is 5.81. The summed E-state index contributed by atoms with van der Waals surface area (Å²) >= 11 is 0. The molecule has 1 amide bonds. The van der Waals surface area contributed by atoms with Gasteiger partial charge in [0.2, 0.25) is 5.91 Å². The van der Waals surface area contributed by atoms with Crippen LogP contribution in [0.5, 0.6) is 0 Å². The van der Waals surface area contributed by atoms with Crippen molar-refractivity contribution in [3.8, 4) is 0 Å². The predicted octanol–water partition coefficient (Wildman–Crippen LogP) is 3.29. The van der Waals surface area contributed by atoms with Crippen molar-refractivity contribution in [2.75, 3.05) is 20.6 Å². The van der Waals surface area contributed by atoms with Gasteiger partial charge in [-0.1, -0.05) is 49.3 Å². The minimum Gasteiger partial charge on any atom is -0.359 e. The van der Waals surface area contributed by atoms with Gasteiger partial charge in [0.15, 0.2) is 11.7 Å². The normalized spacial score (nSPS) is 11.6. The molecule has 7 heteroatoms. The highest BCUT2D eigenvalue weighted by Crippen LogP contribution is 2.22. The topological polar surface area (TPSA) is 82.8 Å². The van der Waals surface area contributed by atoms with Crippen molar-refractivity contribution < 1.29 is 9.32 Å². The summed E-state index contributed by atoms with van der Waals surface area (Å²) in [5.41, 5.74) is 2.12. The number of rotatable bonds is 10. The van der Waals surface area contributed by atoms with Gasteiger partial charge in [0.25, 0.3) is 0 Å². The van der Waals surface area contributed by atoms with E-state index in [0.717, 1.165) is 29.9 Å². The van der Waals surface area contributed by atoms with Crippen LogP contribution >= 0.6 is 0 Å². The Hall–Kier alpha value is -2.83. The molecule has 1 aromatic heterocycles. The van der Waals surface area contributed by atoms with Crippen LogP contribution in [0.25, 0.3) is 0 Å². The molecule has 158 valence electrons. The van der Waals surface area contributed by atoms with Crippen LogP contribution in [0, 0.1) is 0 Å². The molecule has 1 aromatic carbocycles. The van der Waals surface area contributed by atoms with Gasteiger partial charge in [0.1, 0.15) is 0 Å². The lowest BCUT2D eigenvalue weighted by Gasteiger charge is -2.18. The molecule has 2 aromatic rings. The first-order valence-electron chi connectivity index (χ1n) is 10.2. The van der Waals surface area contributed by atoms with Gasteiger partial charge in [0.05, 0.1) is 12.2 Å². The highest BCUT2D eigenvalue weighted by atomic mass is 16.5. The van der Waals surface area contributed by atoms with Crippen LogP contribution in [0.15, 0.2) is 45.9 Å². The quantitative estimate of drug-likeness (QED) is 0.473. The van der Waals surface area contributed by atoms with Gasteiger partial charge in [-0.15, -0.1) is 0 Å². The Morgan fingerprint density at radius 1 is 1.21 bits per heavy atom. The Kier molecular flexibility index (Phi) is 9.21. The maximum absolute atomic E-state index is 12.3. The molecule has 0 atom stereocenters. The van der Waals surface area contributed by atoms with Gasteiger partial charge in [-0.25, -0.2) is 0 Å². The van der Waals surface area contributed by atoms with E-state index >= 15 is 0 Å². The zero-order chi connectivity index (χ0) is 21.1. The Morgan fingerprint density at radius 2 is 1.93 bits per heavy atom. The second kappa shape index (κ2) is 11.9. The second-order valence-corrected chi connectivity index (χ2v) is 7.07. The zero-order valence-corrected chi connectivity index (χ0v) is 17.9. The Bertz CT molecular complexity index is 769. The number of guanidine groups is 1. The minimum atomic E-state index is 0.0851. The van der Waals surface area contributed by atoms with E-state index in [1.165, 1.54) is 0 Å². The minimum absolute atomic E-state index is 0.0851. The molecule has 0 spiro atoms. The van der Waals surface area contributed by atoms with E-state index < -0.39 is 0 Å². The van der Waals surface area contributed by atoms with Crippen molar-refractivity contribution >= 4 is 11.9 Å². The summed E-state index contributed by atoms with van der Waals surface area (Å²) in [5.74, 6) is 1.92. The molecule has 0 fully saturated rings. The number of nitrogens with one attached hydrogen (secondary N) is 2. The van der Waals surface area contributed by atoms with Crippen molar-refractivity contribution in [3.63, 3.8) is 0 Å². The first kappa shape index (κ1) is 22.5. The fourth-order valence-corrected chi connectivity index (χ4v) is 3.13. The van der Waals surface area contributed by atoms with Crippen molar-refractivity contribution in [1.29, 1.82) is 0 Å². The molecule has 0 aliphatic heterocycles. The van der Waals surface area contributed by atoms with Crippen LogP contribution in [-0.2, 0) is 17.9 Å². The van der Waals surface area contributed by atoms with E-state index in [-0.39, 0.29) is 5.91 Å². The molecule has 1 heterocycles. The summed E-state index contributed by atoms with van der Waals surface area (Å²) < 4.78 is 5.42. The lowest BCUT2D eigenvalue weighted by Crippen LogP contribution is -2.39. The number of hydrogen-bond acceptors (Lipinski definition) is 4. The van der Waals surface area contributed by atoms with Crippen molar-refractivity contribution in [1.82, 2.24) is 20.7 Å². The van der Waals surface area contributed by atoms with Crippen LogP contribution in [0.3, 0.4) is 0 Å². The number of hydrogen-bond donors (Lipinski definition) is 2. The van der Waals surface area contributed by atoms with Crippen molar-refractivity contribution in [2.24, 2.45) is 4.99 Å². The Labute approximate surface area is 173 Å². The molecule has 29 heavy (non-hydrogen) atoms. The molecule has 0 saturated heterocycles. The third-order valence-corrected chi connectivity index (χ3v) is 4.95. The molecule has 2 N–H and O–H groups in total. The maximum Gasteiger partial charge on any atom is 0.224 e. The van der Waals surface area contributed by atoms with Crippen LogP contribution in [0.2, 0.25) is 0 Å². The molecule has 0 radical (unpaired) electrons. The molecular weight excluding hydrogens is 366 g/mol. The van der Waals surface area contributed by atoms with E-state index in [0.29, 0.717) is 37.9 Å². The summed E-state index contributed by atoms with van der Waals surface area (Å²) in [7, 11) is 3.53. The monoisotopic (exact) mass is 399 g/mol. The van der Waals surface area contributed by atoms with Gasteiger partial charge < -0.3 is 20.1 Å². The molecule has 0 saturated carbocycles. The molecule has 0 bridgehead atoms. The lowest BCUT2D eigenvalue weighted by molar-refractivity contribution is -0.130. The largest absolute Gasteiger partial charge is 0.359 e. The molecule has 0 aliphatic carbocycles. The number of nitrogens with zero attached hydrogens (tertiary/aromatic N) is 3. The number of carbonyl (C=O) groups is 1. The lowest BCUT2D eigenvalue weighted by atomic mass is 9.99. The number of amides is 1. The molecule has 7 nitrogen and oxygen atoms in total. The Balaban J connectivity index is 1.72. The van der Waals surface area contributed by atoms with Gasteiger partial charge in [0, 0.05) is 45.6 Å². The third kappa shape index (κ3) is 7.25.